The normalized spacial score (nSPS) is 21.3. The Balaban J connectivity index is 2.33. The molecule has 1 heterocycles. The highest BCUT2D eigenvalue weighted by atomic mass is 32.2. The zero-order valence-corrected chi connectivity index (χ0v) is 13.7. The van der Waals surface area contributed by atoms with Crippen LogP contribution in [0.1, 0.15) is 33.6 Å². The third-order valence-electron chi connectivity index (χ3n) is 3.28. The molecule has 0 aromatic carbocycles. The minimum Gasteiger partial charge on any atom is -0.347 e. The molecule has 1 rings (SSSR count). The lowest BCUT2D eigenvalue weighted by molar-refractivity contribution is -0.141. The van der Waals surface area contributed by atoms with Crippen LogP contribution in [0.3, 0.4) is 0 Å². The molecular weight excluding hydrogens is 301 g/mol. The lowest BCUT2D eigenvalue weighted by Crippen LogP contribution is -2.45. The molecule has 0 saturated carbocycles. The summed E-state index contributed by atoms with van der Waals surface area (Å²) in [6.45, 7) is 7.60. The molecule has 1 saturated heterocycles. The van der Waals surface area contributed by atoms with Gasteiger partial charge in [-0.2, -0.15) is 24.9 Å². The zero-order valence-electron chi connectivity index (χ0n) is 12.9. The maximum Gasteiger partial charge on any atom is 0.405 e. The standard InChI is InChI=1S/C14H25F3N2OS/c1-13(2,3)21-8-7-19-6-4-5-11(9-19)12(20)18-10-14(15,16)17/h11H,4-10H2,1-3H3,(H,18,20)/t11-/m1/s1. The Morgan fingerprint density at radius 2 is 2.00 bits per heavy atom. The number of nitrogens with one attached hydrogen (secondary N) is 1. The second-order valence-electron chi connectivity index (χ2n) is 6.43. The molecule has 3 nitrogen and oxygen atoms in total. The Labute approximate surface area is 129 Å². The molecule has 0 unspecified atom stereocenters. The summed E-state index contributed by atoms with van der Waals surface area (Å²) in [7, 11) is 0. The number of carbonyl (C=O) groups is 1. The van der Waals surface area contributed by atoms with Gasteiger partial charge in [0.05, 0.1) is 5.92 Å². The van der Waals surface area contributed by atoms with E-state index in [0.29, 0.717) is 13.0 Å². The van der Waals surface area contributed by atoms with Gasteiger partial charge in [-0.15, -0.1) is 0 Å². The molecule has 1 fully saturated rings. The van der Waals surface area contributed by atoms with Gasteiger partial charge >= 0.3 is 6.18 Å². The third-order valence-corrected chi connectivity index (χ3v) is 4.53. The van der Waals surface area contributed by atoms with E-state index in [4.69, 9.17) is 0 Å². The quantitative estimate of drug-likeness (QED) is 0.843. The number of hydrogen-bond donors (Lipinski definition) is 1. The fourth-order valence-corrected chi connectivity index (χ4v) is 3.25. The second-order valence-corrected chi connectivity index (χ2v) is 8.36. The number of alkyl halides is 3. The first kappa shape index (κ1) is 18.6. The highest BCUT2D eigenvalue weighted by Gasteiger charge is 2.31. The summed E-state index contributed by atoms with van der Waals surface area (Å²) in [4.78, 5) is 14.0. The summed E-state index contributed by atoms with van der Waals surface area (Å²) < 4.78 is 36.5. The van der Waals surface area contributed by atoms with Crippen LogP contribution in [-0.2, 0) is 4.79 Å². The van der Waals surface area contributed by atoms with Gasteiger partial charge in [-0.1, -0.05) is 20.8 Å². The van der Waals surface area contributed by atoms with Crippen molar-refractivity contribution in [3.63, 3.8) is 0 Å². The molecule has 1 N–H and O–H groups in total. The van der Waals surface area contributed by atoms with Crippen molar-refractivity contribution in [2.75, 3.05) is 31.9 Å². The van der Waals surface area contributed by atoms with E-state index in [2.05, 4.69) is 25.7 Å². The maximum absolute atomic E-state index is 12.1. The van der Waals surface area contributed by atoms with Crippen molar-refractivity contribution in [1.82, 2.24) is 10.2 Å². The van der Waals surface area contributed by atoms with Gasteiger partial charge in [-0.3, -0.25) is 4.79 Å². The van der Waals surface area contributed by atoms with E-state index in [0.717, 1.165) is 25.3 Å². The van der Waals surface area contributed by atoms with Crippen LogP contribution in [0.5, 0.6) is 0 Å². The fraction of sp³-hybridized carbons (Fsp3) is 0.929. The summed E-state index contributed by atoms with van der Waals surface area (Å²) in [5.74, 6) is 0.182. The van der Waals surface area contributed by atoms with Crippen LogP contribution in [0.4, 0.5) is 13.2 Å². The minimum atomic E-state index is -4.34. The van der Waals surface area contributed by atoms with Crippen molar-refractivity contribution in [1.29, 1.82) is 0 Å². The number of nitrogens with zero attached hydrogens (tertiary/aromatic N) is 1. The highest BCUT2D eigenvalue weighted by molar-refractivity contribution is 8.00. The van der Waals surface area contributed by atoms with Crippen molar-refractivity contribution in [2.24, 2.45) is 5.92 Å². The van der Waals surface area contributed by atoms with Crippen LogP contribution in [0, 0.1) is 5.92 Å². The van der Waals surface area contributed by atoms with Crippen LogP contribution in [0.15, 0.2) is 0 Å². The Kier molecular flexibility index (Phi) is 6.84. The van der Waals surface area contributed by atoms with Gasteiger partial charge in [0.15, 0.2) is 0 Å². The summed E-state index contributed by atoms with van der Waals surface area (Å²) in [6.07, 6.45) is -2.80. The van der Waals surface area contributed by atoms with Gasteiger partial charge in [-0.25, -0.2) is 0 Å². The number of thioether (sulfide) groups is 1. The molecule has 0 bridgehead atoms. The van der Waals surface area contributed by atoms with Crippen LogP contribution < -0.4 is 5.32 Å². The van der Waals surface area contributed by atoms with Crippen molar-refractivity contribution in [3.05, 3.63) is 0 Å². The molecule has 1 aliphatic heterocycles. The van der Waals surface area contributed by atoms with E-state index >= 15 is 0 Å². The molecule has 21 heavy (non-hydrogen) atoms. The summed E-state index contributed by atoms with van der Waals surface area (Å²) in [5, 5.41) is 2.00. The number of halogens is 3. The van der Waals surface area contributed by atoms with Crippen LogP contribution in [0.2, 0.25) is 0 Å². The van der Waals surface area contributed by atoms with Gasteiger partial charge in [-0.05, 0) is 19.4 Å². The predicted molar refractivity (Wildman–Crippen MR) is 80.4 cm³/mol. The third kappa shape index (κ3) is 8.56. The van der Waals surface area contributed by atoms with Gasteiger partial charge in [0.25, 0.3) is 0 Å². The largest absolute Gasteiger partial charge is 0.405 e. The van der Waals surface area contributed by atoms with Crippen molar-refractivity contribution in [3.8, 4) is 0 Å². The smallest absolute Gasteiger partial charge is 0.347 e. The Morgan fingerprint density at radius 1 is 1.33 bits per heavy atom. The monoisotopic (exact) mass is 326 g/mol. The second kappa shape index (κ2) is 7.72. The van der Waals surface area contributed by atoms with Gasteiger partial charge in [0.2, 0.25) is 5.91 Å². The summed E-state index contributed by atoms with van der Waals surface area (Å²) in [6, 6.07) is 0. The predicted octanol–water partition coefficient (Wildman–Crippen LogP) is 2.91. The molecule has 0 spiro atoms. The first-order valence-electron chi connectivity index (χ1n) is 7.27. The highest BCUT2D eigenvalue weighted by Crippen LogP contribution is 2.24. The molecule has 1 amide bonds. The molecule has 7 heteroatoms. The molecule has 0 radical (unpaired) electrons. The number of carbonyl (C=O) groups excluding carboxylic acids is 1. The van der Waals surface area contributed by atoms with Crippen molar-refractivity contribution >= 4 is 17.7 Å². The SMILES string of the molecule is CC(C)(C)SCCN1CCC[C@@H](C(=O)NCC(F)(F)F)C1. The van der Waals surface area contributed by atoms with E-state index in [9.17, 15) is 18.0 Å². The van der Waals surface area contributed by atoms with Crippen LogP contribution in [-0.4, -0.2) is 53.7 Å². The number of likely N-dealkylation sites (tertiary alicyclic amines) is 1. The average molecular weight is 326 g/mol. The first-order valence-corrected chi connectivity index (χ1v) is 8.26. The van der Waals surface area contributed by atoms with E-state index in [-0.39, 0.29) is 10.7 Å². The average Bonchev–Trinajstić information content (AvgIpc) is 2.34. The van der Waals surface area contributed by atoms with Gasteiger partial charge in [0, 0.05) is 23.6 Å². The van der Waals surface area contributed by atoms with Crippen LogP contribution in [0.25, 0.3) is 0 Å². The zero-order chi connectivity index (χ0) is 16.1. The Bertz CT molecular complexity index is 342. The van der Waals surface area contributed by atoms with Gasteiger partial charge in [0.1, 0.15) is 6.54 Å². The van der Waals surface area contributed by atoms with E-state index < -0.39 is 18.6 Å². The number of rotatable bonds is 5. The van der Waals surface area contributed by atoms with E-state index in [1.54, 1.807) is 0 Å². The molecule has 0 aromatic rings. The number of amides is 1. The van der Waals surface area contributed by atoms with E-state index in [1.807, 2.05) is 17.1 Å². The van der Waals surface area contributed by atoms with Crippen LogP contribution >= 0.6 is 11.8 Å². The lowest BCUT2D eigenvalue weighted by Gasteiger charge is -2.32. The van der Waals surface area contributed by atoms with Gasteiger partial charge < -0.3 is 10.2 Å². The number of hydrogen-bond acceptors (Lipinski definition) is 3. The topological polar surface area (TPSA) is 32.3 Å². The lowest BCUT2D eigenvalue weighted by atomic mass is 9.97. The Morgan fingerprint density at radius 3 is 2.57 bits per heavy atom. The molecule has 1 aliphatic rings. The molecular formula is C14H25F3N2OS. The fourth-order valence-electron chi connectivity index (χ4n) is 2.29. The Hall–Kier alpha value is -0.430. The summed E-state index contributed by atoms with van der Waals surface area (Å²) >= 11 is 1.86. The summed E-state index contributed by atoms with van der Waals surface area (Å²) in [5.41, 5.74) is 0. The minimum absolute atomic E-state index is 0.208. The van der Waals surface area contributed by atoms with Crippen molar-refractivity contribution < 1.29 is 18.0 Å². The maximum atomic E-state index is 12.1. The molecule has 1 atom stereocenters. The first-order chi connectivity index (χ1) is 9.57. The molecule has 0 aliphatic carbocycles. The molecule has 0 aromatic heterocycles. The molecule has 124 valence electrons. The van der Waals surface area contributed by atoms with E-state index in [1.165, 1.54) is 0 Å². The number of piperidine rings is 1. The van der Waals surface area contributed by atoms with Crippen molar-refractivity contribution in [2.45, 2.75) is 44.5 Å².